The van der Waals surface area contributed by atoms with Crippen molar-refractivity contribution in [3.63, 3.8) is 0 Å². The molecule has 4 nitrogen and oxygen atoms in total. The number of nitrogens with one attached hydrogen (secondary N) is 2. The molecule has 0 aliphatic carbocycles. The van der Waals surface area contributed by atoms with Gasteiger partial charge in [-0.1, -0.05) is 6.92 Å². The second-order valence-corrected chi connectivity index (χ2v) is 3.57. The Kier molecular flexibility index (Phi) is 5.26. The monoisotopic (exact) mass is 240 g/mol. The first-order valence-electron chi connectivity index (χ1n) is 5.51. The van der Waals surface area contributed by atoms with Crippen LogP contribution in [0.5, 0.6) is 5.75 Å². The van der Waals surface area contributed by atoms with Crippen LogP contribution in [-0.2, 0) is 6.54 Å². The van der Waals surface area contributed by atoms with Crippen molar-refractivity contribution in [3.8, 4) is 5.75 Å². The highest BCUT2D eigenvalue weighted by molar-refractivity contribution is 5.73. The maximum Gasteiger partial charge on any atom is 0.315 e. The first-order valence-corrected chi connectivity index (χ1v) is 5.51. The number of benzene rings is 1. The van der Waals surface area contributed by atoms with E-state index < -0.39 is 0 Å². The summed E-state index contributed by atoms with van der Waals surface area (Å²) < 4.78 is 18.1. The lowest BCUT2D eigenvalue weighted by Crippen LogP contribution is -2.35. The fraction of sp³-hybridized carbons (Fsp3) is 0.417. The molecule has 0 atom stereocenters. The topological polar surface area (TPSA) is 50.4 Å². The number of methoxy groups -OCH3 is 1. The Labute approximate surface area is 100 Å². The average Bonchev–Trinajstić information content (AvgIpc) is 2.34. The molecule has 94 valence electrons. The molecule has 2 N–H and O–H groups in total. The molecule has 0 bridgehead atoms. The molecule has 1 rings (SSSR count). The molecule has 0 aromatic heterocycles. The number of carbonyl (C=O) groups is 1. The lowest BCUT2D eigenvalue weighted by molar-refractivity contribution is 0.240. The van der Waals surface area contributed by atoms with Gasteiger partial charge in [-0.3, -0.25) is 0 Å². The third kappa shape index (κ3) is 4.30. The van der Waals surface area contributed by atoms with Crippen LogP contribution in [0.3, 0.4) is 0 Å². The minimum Gasteiger partial charge on any atom is -0.496 e. The zero-order valence-electron chi connectivity index (χ0n) is 10.0. The third-order valence-corrected chi connectivity index (χ3v) is 2.22. The van der Waals surface area contributed by atoms with Crippen molar-refractivity contribution in [2.75, 3.05) is 13.7 Å². The van der Waals surface area contributed by atoms with E-state index >= 15 is 0 Å². The van der Waals surface area contributed by atoms with Gasteiger partial charge in [0, 0.05) is 18.7 Å². The van der Waals surface area contributed by atoms with E-state index in [1.165, 1.54) is 25.3 Å². The molecule has 0 unspecified atom stereocenters. The SMILES string of the molecule is CCCNC(=O)NCc1cc(F)ccc1OC. The third-order valence-electron chi connectivity index (χ3n) is 2.22. The van der Waals surface area contributed by atoms with Gasteiger partial charge in [0.25, 0.3) is 0 Å². The number of hydrogen-bond donors (Lipinski definition) is 2. The normalized spacial score (nSPS) is 9.82. The van der Waals surface area contributed by atoms with E-state index in [4.69, 9.17) is 4.74 Å². The van der Waals surface area contributed by atoms with E-state index in [2.05, 4.69) is 10.6 Å². The molecule has 1 aromatic carbocycles. The lowest BCUT2D eigenvalue weighted by Gasteiger charge is -2.10. The van der Waals surface area contributed by atoms with Gasteiger partial charge in [0.1, 0.15) is 11.6 Å². The zero-order chi connectivity index (χ0) is 12.7. The standard InChI is InChI=1S/C12H17FN2O2/c1-3-6-14-12(16)15-8-9-7-10(13)4-5-11(9)17-2/h4-5,7H,3,6,8H2,1-2H3,(H2,14,15,16). The zero-order valence-corrected chi connectivity index (χ0v) is 10.0. The van der Waals surface area contributed by atoms with Gasteiger partial charge in [-0.15, -0.1) is 0 Å². The molecular weight excluding hydrogens is 223 g/mol. The summed E-state index contributed by atoms with van der Waals surface area (Å²) in [4.78, 5) is 11.3. The van der Waals surface area contributed by atoms with Crippen LogP contribution in [0.15, 0.2) is 18.2 Å². The van der Waals surface area contributed by atoms with Gasteiger partial charge in [0.2, 0.25) is 0 Å². The Morgan fingerprint density at radius 2 is 2.18 bits per heavy atom. The Hall–Kier alpha value is -1.78. The fourth-order valence-electron chi connectivity index (χ4n) is 1.36. The van der Waals surface area contributed by atoms with Crippen LogP contribution in [0.4, 0.5) is 9.18 Å². The lowest BCUT2D eigenvalue weighted by atomic mass is 10.2. The van der Waals surface area contributed by atoms with Crippen LogP contribution in [-0.4, -0.2) is 19.7 Å². The predicted octanol–water partition coefficient (Wildman–Crippen LogP) is 2.04. The highest BCUT2D eigenvalue weighted by atomic mass is 19.1. The molecule has 0 saturated carbocycles. The summed E-state index contributed by atoms with van der Waals surface area (Å²) in [6.45, 7) is 2.82. The molecule has 1 aromatic rings. The van der Waals surface area contributed by atoms with E-state index in [0.717, 1.165) is 6.42 Å². The average molecular weight is 240 g/mol. The molecule has 0 aliphatic heterocycles. The summed E-state index contributed by atoms with van der Waals surface area (Å²) in [6, 6.07) is 3.94. The molecule has 0 spiro atoms. The molecule has 0 heterocycles. The van der Waals surface area contributed by atoms with Crippen molar-refractivity contribution in [3.05, 3.63) is 29.6 Å². The van der Waals surface area contributed by atoms with Crippen molar-refractivity contribution >= 4 is 6.03 Å². The molecule has 2 amide bonds. The summed E-state index contributed by atoms with van der Waals surface area (Å²) in [5.41, 5.74) is 0.610. The first-order chi connectivity index (χ1) is 8.17. The summed E-state index contributed by atoms with van der Waals surface area (Å²) in [7, 11) is 1.51. The summed E-state index contributed by atoms with van der Waals surface area (Å²) in [6.07, 6.45) is 0.872. The van der Waals surface area contributed by atoms with Gasteiger partial charge in [-0.05, 0) is 24.6 Å². The minimum absolute atomic E-state index is 0.233. The van der Waals surface area contributed by atoms with Crippen molar-refractivity contribution in [2.24, 2.45) is 0 Å². The first kappa shape index (κ1) is 13.3. The Morgan fingerprint density at radius 1 is 1.41 bits per heavy atom. The number of halogens is 1. The van der Waals surface area contributed by atoms with Crippen molar-refractivity contribution < 1.29 is 13.9 Å². The van der Waals surface area contributed by atoms with Crippen LogP contribution >= 0.6 is 0 Å². The van der Waals surface area contributed by atoms with Crippen molar-refractivity contribution in [2.45, 2.75) is 19.9 Å². The number of ether oxygens (including phenoxy) is 1. The van der Waals surface area contributed by atoms with Crippen LogP contribution < -0.4 is 15.4 Å². The number of hydrogen-bond acceptors (Lipinski definition) is 2. The Bertz CT molecular complexity index is 383. The van der Waals surface area contributed by atoms with Gasteiger partial charge in [-0.2, -0.15) is 0 Å². The van der Waals surface area contributed by atoms with E-state index in [9.17, 15) is 9.18 Å². The number of rotatable bonds is 5. The largest absolute Gasteiger partial charge is 0.496 e. The van der Waals surface area contributed by atoms with Crippen LogP contribution in [0.25, 0.3) is 0 Å². The van der Waals surface area contributed by atoms with Crippen LogP contribution in [0.1, 0.15) is 18.9 Å². The fourth-order valence-corrected chi connectivity index (χ4v) is 1.36. The molecule has 0 radical (unpaired) electrons. The van der Waals surface area contributed by atoms with Gasteiger partial charge in [0.05, 0.1) is 7.11 Å². The van der Waals surface area contributed by atoms with E-state index in [1.807, 2.05) is 6.92 Å². The highest BCUT2D eigenvalue weighted by Crippen LogP contribution is 2.18. The quantitative estimate of drug-likeness (QED) is 0.827. The Morgan fingerprint density at radius 3 is 2.82 bits per heavy atom. The predicted molar refractivity (Wildman–Crippen MR) is 63.5 cm³/mol. The van der Waals surface area contributed by atoms with Gasteiger partial charge in [0.15, 0.2) is 0 Å². The molecular formula is C12H17FN2O2. The molecule has 0 saturated heterocycles. The van der Waals surface area contributed by atoms with Gasteiger partial charge >= 0.3 is 6.03 Å². The number of amides is 2. The maximum absolute atomic E-state index is 13.0. The second-order valence-electron chi connectivity index (χ2n) is 3.57. The smallest absolute Gasteiger partial charge is 0.315 e. The summed E-state index contributed by atoms with van der Waals surface area (Å²) in [5.74, 6) is 0.207. The number of carbonyl (C=O) groups excluding carboxylic acids is 1. The van der Waals surface area contributed by atoms with Crippen LogP contribution in [0, 0.1) is 5.82 Å². The minimum atomic E-state index is -0.350. The second kappa shape index (κ2) is 6.73. The van der Waals surface area contributed by atoms with Crippen molar-refractivity contribution in [1.29, 1.82) is 0 Å². The van der Waals surface area contributed by atoms with E-state index in [-0.39, 0.29) is 18.4 Å². The number of urea groups is 1. The Balaban J connectivity index is 2.56. The molecule has 5 heteroatoms. The van der Waals surface area contributed by atoms with Crippen molar-refractivity contribution in [1.82, 2.24) is 10.6 Å². The van der Waals surface area contributed by atoms with Gasteiger partial charge < -0.3 is 15.4 Å². The molecule has 0 aliphatic rings. The maximum atomic E-state index is 13.0. The van der Waals surface area contributed by atoms with E-state index in [0.29, 0.717) is 17.9 Å². The van der Waals surface area contributed by atoms with E-state index in [1.54, 1.807) is 0 Å². The summed E-state index contributed by atoms with van der Waals surface area (Å²) in [5, 5.41) is 5.31. The summed E-state index contributed by atoms with van der Waals surface area (Å²) >= 11 is 0. The molecule has 17 heavy (non-hydrogen) atoms. The highest BCUT2D eigenvalue weighted by Gasteiger charge is 2.06. The van der Waals surface area contributed by atoms with Gasteiger partial charge in [-0.25, -0.2) is 9.18 Å². The van der Waals surface area contributed by atoms with Crippen LogP contribution in [0.2, 0.25) is 0 Å². The molecule has 0 fully saturated rings.